The molecular weight excluding hydrogens is 505 g/mol. The van der Waals surface area contributed by atoms with Crippen LogP contribution in [0.4, 0.5) is 11.6 Å². The molecule has 0 bridgehead atoms. The fourth-order valence-electron chi connectivity index (χ4n) is 6.58. The third kappa shape index (κ3) is 5.27. The number of rotatable bonds is 6. The normalized spacial score (nSPS) is 26.3. The lowest BCUT2D eigenvalue weighted by Crippen LogP contribution is -2.55. The van der Waals surface area contributed by atoms with E-state index in [0.29, 0.717) is 15.8 Å². The van der Waals surface area contributed by atoms with Gasteiger partial charge in [0, 0.05) is 41.8 Å². The van der Waals surface area contributed by atoms with Crippen LogP contribution in [-0.2, 0) is 0 Å². The van der Waals surface area contributed by atoms with Crippen molar-refractivity contribution in [2.45, 2.75) is 64.5 Å². The molecule has 7 nitrogen and oxygen atoms in total. The largest absolute Gasteiger partial charge is 0.363 e. The highest BCUT2D eigenvalue weighted by molar-refractivity contribution is 6.35. The molecule has 1 saturated carbocycles. The summed E-state index contributed by atoms with van der Waals surface area (Å²) < 4.78 is 1.76. The predicted octanol–water partition coefficient (Wildman–Crippen LogP) is 6.33. The Balaban J connectivity index is 1.12. The number of fused-ring (bicyclic) bond motifs is 1. The van der Waals surface area contributed by atoms with Crippen molar-refractivity contribution in [1.29, 1.82) is 0 Å². The fraction of sp³-hybridized carbons (Fsp3) is 0.607. The van der Waals surface area contributed by atoms with Crippen molar-refractivity contribution >= 4 is 40.6 Å². The zero-order chi connectivity index (χ0) is 25.5. The minimum Gasteiger partial charge on any atom is -0.363 e. The van der Waals surface area contributed by atoms with Gasteiger partial charge in [-0.05, 0) is 87.4 Å². The van der Waals surface area contributed by atoms with E-state index in [1.54, 1.807) is 16.9 Å². The predicted molar refractivity (Wildman–Crippen MR) is 151 cm³/mol. The molecule has 37 heavy (non-hydrogen) atoms. The maximum atomic E-state index is 6.47. The van der Waals surface area contributed by atoms with Crippen LogP contribution in [0.25, 0.3) is 5.78 Å². The molecule has 9 heteroatoms. The van der Waals surface area contributed by atoms with Crippen LogP contribution < -0.4 is 10.2 Å². The van der Waals surface area contributed by atoms with Gasteiger partial charge in [0.05, 0.1) is 6.04 Å². The lowest BCUT2D eigenvalue weighted by atomic mass is 9.79. The quantitative estimate of drug-likeness (QED) is 0.393. The topological polar surface area (TPSA) is 61.6 Å². The van der Waals surface area contributed by atoms with Crippen LogP contribution in [0.2, 0.25) is 10.0 Å². The molecular formula is C28H37Cl2N7. The molecule has 2 atom stereocenters. The highest BCUT2D eigenvalue weighted by atomic mass is 35.5. The van der Waals surface area contributed by atoms with Gasteiger partial charge >= 0.3 is 0 Å². The Morgan fingerprint density at radius 3 is 2.59 bits per heavy atom. The molecule has 0 spiro atoms. The van der Waals surface area contributed by atoms with Crippen molar-refractivity contribution in [3.8, 4) is 0 Å². The summed E-state index contributed by atoms with van der Waals surface area (Å²) in [6.45, 7) is 9.20. The SMILES string of the molecule is CC1CCC(N2CCC[C@H](C3CN(c4cc(N[C@@H](C)c5ccc(Cl)cc5Cl)n5ncnc5n4)C3)C2)CC1. The van der Waals surface area contributed by atoms with Crippen LogP contribution in [0.5, 0.6) is 0 Å². The first-order valence-electron chi connectivity index (χ1n) is 13.9. The lowest BCUT2D eigenvalue weighted by molar-refractivity contribution is 0.0620. The Bertz CT molecular complexity index is 1230. The van der Waals surface area contributed by atoms with E-state index in [0.717, 1.165) is 54.1 Å². The molecule has 3 aromatic rings. The molecule has 198 valence electrons. The van der Waals surface area contributed by atoms with E-state index >= 15 is 0 Å². The number of anilines is 2. The molecule has 0 unspecified atom stereocenters. The zero-order valence-electron chi connectivity index (χ0n) is 21.8. The van der Waals surface area contributed by atoms with Crippen molar-refractivity contribution in [1.82, 2.24) is 24.5 Å². The molecule has 1 aliphatic carbocycles. The van der Waals surface area contributed by atoms with Gasteiger partial charge in [-0.25, -0.2) is 0 Å². The van der Waals surface area contributed by atoms with Gasteiger partial charge in [-0.2, -0.15) is 19.6 Å². The van der Waals surface area contributed by atoms with Crippen molar-refractivity contribution in [2.75, 3.05) is 36.4 Å². The van der Waals surface area contributed by atoms with Crippen molar-refractivity contribution in [3.05, 3.63) is 46.2 Å². The first-order valence-corrected chi connectivity index (χ1v) is 14.6. The van der Waals surface area contributed by atoms with Gasteiger partial charge in [0.25, 0.3) is 5.78 Å². The molecule has 3 fully saturated rings. The highest BCUT2D eigenvalue weighted by Crippen LogP contribution is 2.37. The van der Waals surface area contributed by atoms with E-state index < -0.39 is 0 Å². The van der Waals surface area contributed by atoms with Crippen molar-refractivity contribution in [3.63, 3.8) is 0 Å². The second-order valence-electron chi connectivity index (χ2n) is 11.5. The number of nitrogens with one attached hydrogen (secondary N) is 1. The van der Waals surface area contributed by atoms with Crippen LogP contribution in [-0.4, -0.2) is 56.7 Å². The lowest BCUT2D eigenvalue weighted by Gasteiger charge is -2.49. The number of nitrogens with zero attached hydrogens (tertiary/aromatic N) is 6. The fourth-order valence-corrected chi connectivity index (χ4v) is 7.15. The van der Waals surface area contributed by atoms with Crippen LogP contribution >= 0.6 is 23.2 Å². The third-order valence-corrected chi connectivity index (χ3v) is 9.49. The molecule has 0 amide bonds. The monoisotopic (exact) mass is 541 g/mol. The highest BCUT2D eigenvalue weighted by Gasteiger charge is 2.38. The van der Waals surface area contributed by atoms with E-state index in [2.05, 4.69) is 45.1 Å². The smallest absolute Gasteiger partial charge is 0.256 e. The summed E-state index contributed by atoms with van der Waals surface area (Å²) in [5.74, 6) is 4.87. The van der Waals surface area contributed by atoms with Crippen LogP contribution in [0.15, 0.2) is 30.6 Å². The zero-order valence-corrected chi connectivity index (χ0v) is 23.3. The maximum absolute atomic E-state index is 6.47. The minimum absolute atomic E-state index is 0.0347. The average molecular weight is 543 g/mol. The van der Waals surface area contributed by atoms with E-state index in [9.17, 15) is 0 Å². The average Bonchev–Trinajstić information content (AvgIpc) is 3.33. The number of piperidine rings is 1. The number of hydrogen-bond acceptors (Lipinski definition) is 6. The van der Waals surface area contributed by atoms with Crippen LogP contribution in [0.1, 0.15) is 64.0 Å². The van der Waals surface area contributed by atoms with Gasteiger partial charge in [-0.1, -0.05) is 36.2 Å². The summed E-state index contributed by atoms with van der Waals surface area (Å²) in [6.07, 6.45) is 9.85. The number of likely N-dealkylation sites (tertiary alicyclic amines) is 1. The van der Waals surface area contributed by atoms with Gasteiger partial charge in [0.1, 0.15) is 18.0 Å². The van der Waals surface area contributed by atoms with Crippen molar-refractivity contribution in [2.24, 2.45) is 17.8 Å². The first-order chi connectivity index (χ1) is 17.9. The molecule has 1 N–H and O–H groups in total. The van der Waals surface area contributed by atoms with E-state index in [4.69, 9.17) is 28.2 Å². The van der Waals surface area contributed by atoms with Gasteiger partial charge < -0.3 is 15.1 Å². The van der Waals surface area contributed by atoms with E-state index in [1.807, 2.05) is 12.1 Å². The molecule has 2 aromatic heterocycles. The minimum atomic E-state index is -0.0347. The number of hydrogen-bond donors (Lipinski definition) is 1. The van der Waals surface area contributed by atoms with Gasteiger partial charge in [0.15, 0.2) is 0 Å². The van der Waals surface area contributed by atoms with Gasteiger partial charge in [0.2, 0.25) is 0 Å². The number of halogens is 2. The Morgan fingerprint density at radius 2 is 1.81 bits per heavy atom. The molecule has 0 radical (unpaired) electrons. The maximum Gasteiger partial charge on any atom is 0.256 e. The van der Waals surface area contributed by atoms with Gasteiger partial charge in [-0.15, -0.1) is 0 Å². The molecule has 1 aromatic carbocycles. The molecule has 6 rings (SSSR count). The second-order valence-corrected chi connectivity index (χ2v) is 12.3. The molecule has 2 saturated heterocycles. The summed E-state index contributed by atoms with van der Waals surface area (Å²) in [7, 11) is 0. The van der Waals surface area contributed by atoms with Gasteiger partial charge in [-0.3, -0.25) is 0 Å². The van der Waals surface area contributed by atoms with Crippen molar-refractivity contribution < 1.29 is 0 Å². The first kappa shape index (κ1) is 25.2. The Kier molecular flexibility index (Phi) is 7.21. The Morgan fingerprint density at radius 1 is 1.00 bits per heavy atom. The number of benzene rings is 1. The summed E-state index contributed by atoms with van der Waals surface area (Å²) in [6, 6.07) is 8.48. The summed E-state index contributed by atoms with van der Waals surface area (Å²) in [4.78, 5) is 14.4. The van der Waals surface area contributed by atoms with Crippen LogP contribution in [0, 0.1) is 17.8 Å². The van der Waals surface area contributed by atoms with E-state index in [-0.39, 0.29) is 6.04 Å². The number of aromatic nitrogens is 4. The Hall–Kier alpha value is -2.09. The molecule has 4 heterocycles. The third-order valence-electron chi connectivity index (χ3n) is 8.92. The summed E-state index contributed by atoms with van der Waals surface area (Å²) in [5, 5.41) is 9.24. The summed E-state index contributed by atoms with van der Waals surface area (Å²) in [5.41, 5.74) is 0.982. The van der Waals surface area contributed by atoms with E-state index in [1.165, 1.54) is 51.6 Å². The molecule has 3 aliphatic rings. The standard InChI is InChI=1S/C28H37Cl2N7/c1-18-5-8-23(9-6-18)35-11-3-4-20(14-35)21-15-36(16-21)26-13-27(37-28(34-26)31-17-32-37)33-19(2)24-10-7-22(29)12-25(24)30/h7,10,12-13,17-21,23,33H,3-6,8-9,11,14-16H2,1-2H3/t18?,19-,20-,23?/m0/s1. The van der Waals surface area contributed by atoms with Crippen LogP contribution in [0.3, 0.4) is 0 Å². The second kappa shape index (κ2) is 10.6. The molecule has 2 aliphatic heterocycles. The Labute approximate surface area is 229 Å². The summed E-state index contributed by atoms with van der Waals surface area (Å²) >= 11 is 12.6.